The first-order valence-electron chi connectivity index (χ1n) is 7.93. The number of hydrogen-bond donors (Lipinski definition) is 0. The Balaban J connectivity index is 2.04. The summed E-state index contributed by atoms with van der Waals surface area (Å²) >= 11 is 6.11. The molecule has 0 saturated carbocycles. The van der Waals surface area contributed by atoms with Gasteiger partial charge in [-0.3, -0.25) is 9.20 Å². The second-order valence-electron chi connectivity index (χ2n) is 7.17. The molecule has 0 unspecified atom stereocenters. The molecule has 2 aromatic rings. The largest absolute Gasteiger partial charge is 0.525 e. The van der Waals surface area contributed by atoms with E-state index in [0.29, 0.717) is 5.65 Å². The van der Waals surface area contributed by atoms with Crippen LogP contribution in [-0.2, 0) is 9.31 Å². The molecule has 1 aliphatic rings. The predicted octanol–water partition coefficient (Wildman–Crippen LogP) is 3.60. The summed E-state index contributed by atoms with van der Waals surface area (Å²) in [7, 11) is -1.20. The average molecular weight is 365 g/mol. The lowest BCUT2D eigenvalue weighted by molar-refractivity contribution is 0.00578. The van der Waals surface area contributed by atoms with Gasteiger partial charge < -0.3 is 9.31 Å². The van der Waals surface area contributed by atoms with E-state index in [1.807, 2.05) is 34.6 Å². The van der Waals surface area contributed by atoms with E-state index >= 15 is 0 Å². The van der Waals surface area contributed by atoms with Crippen molar-refractivity contribution in [3.63, 3.8) is 0 Å². The lowest BCUT2D eigenvalue weighted by Gasteiger charge is -2.32. The zero-order valence-corrected chi connectivity index (χ0v) is 15.5. The Kier molecular flexibility index (Phi) is 4.30. The van der Waals surface area contributed by atoms with Crippen molar-refractivity contribution in [2.24, 2.45) is 0 Å². The number of rotatable bonds is 2. The molecule has 0 amide bonds. The summed E-state index contributed by atoms with van der Waals surface area (Å²) in [6.45, 7) is 9.17. The lowest BCUT2D eigenvalue weighted by atomic mass is 9.87. The topological polar surface area (TPSA) is 52.8 Å². The van der Waals surface area contributed by atoms with Gasteiger partial charge in [0.05, 0.1) is 16.8 Å². The summed E-state index contributed by atoms with van der Waals surface area (Å²) in [5, 5.41) is -0.0673. The molecule has 5 nitrogen and oxygen atoms in total. The van der Waals surface area contributed by atoms with E-state index in [2.05, 4.69) is 4.98 Å². The van der Waals surface area contributed by atoms with Crippen LogP contribution in [0.3, 0.4) is 0 Å². The van der Waals surface area contributed by atoms with Crippen molar-refractivity contribution < 1.29 is 13.7 Å². The molecule has 0 radical (unpaired) electrons. The van der Waals surface area contributed by atoms with Crippen LogP contribution in [0.1, 0.15) is 38.8 Å². The van der Waals surface area contributed by atoms with Crippen LogP contribution >= 0.6 is 11.6 Å². The number of pyridine rings is 1. The molecule has 25 heavy (non-hydrogen) atoms. The zero-order chi connectivity index (χ0) is 18.6. The van der Waals surface area contributed by atoms with E-state index in [4.69, 9.17) is 20.9 Å². The third-order valence-electron chi connectivity index (χ3n) is 4.73. The maximum absolute atomic E-state index is 14.7. The Morgan fingerprint density at radius 2 is 1.92 bits per heavy atom. The third kappa shape index (κ3) is 3.12. The zero-order valence-electron chi connectivity index (χ0n) is 14.8. The molecule has 0 aromatic carbocycles. The standard InChI is InChI=1S/C17H19BClFN2O3/c1-10-6-7-22-13(8-10)21-14(19)11(15(22)23)9-12(20)18-24-16(2,3)17(4,5)25-18/h6-9H,1-5H3. The smallest absolute Gasteiger partial charge is 0.398 e. The number of aryl methyl sites for hydroxylation is 1. The van der Waals surface area contributed by atoms with Gasteiger partial charge in [-0.1, -0.05) is 11.6 Å². The molecule has 0 N–H and O–H groups in total. The van der Waals surface area contributed by atoms with Gasteiger partial charge in [-0.05, 0) is 58.4 Å². The van der Waals surface area contributed by atoms with Crippen LogP contribution in [0.15, 0.2) is 28.9 Å². The minimum atomic E-state index is -1.20. The minimum Gasteiger partial charge on any atom is -0.398 e. The maximum Gasteiger partial charge on any atom is 0.525 e. The van der Waals surface area contributed by atoms with Crippen molar-refractivity contribution in [2.75, 3.05) is 0 Å². The van der Waals surface area contributed by atoms with Crippen molar-refractivity contribution in [3.05, 3.63) is 50.7 Å². The molecule has 1 saturated heterocycles. The summed E-state index contributed by atoms with van der Waals surface area (Å²) in [4.78, 5) is 16.8. The maximum atomic E-state index is 14.7. The summed E-state index contributed by atoms with van der Waals surface area (Å²) in [6, 6.07) is 3.49. The van der Waals surface area contributed by atoms with Gasteiger partial charge in [0.2, 0.25) is 0 Å². The average Bonchev–Trinajstić information content (AvgIpc) is 2.71. The Labute approximate surface area is 150 Å². The molecule has 0 bridgehead atoms. The van der Waals surface area contributed by atoms with Crippen molar-refractivity contribution in [3.8, 4) is 0 Å². The van der Waals surface area contributed by atoms with Gasteiger partial charge in [0.1, 0.15) is 16.5 Å². The van der Waals surface area contributed by atoms with Crippen molar-refractivity contribution in [1.82, 2.24) is 9.38 Å². The van der Waals surface area contributed by atoms with Crippen LogP contribution in [0.25, 0.3) is 11.7 Å². The number of hydrogen-bond acceptors (Lipinski definition) is 4. The number of aromatic nitrogens is 2. The van der Waals surface area contributed by atoms with E-state index < -0.39 is 29.6 Å². The lowest BCUT2D eigenvalue weighted by Crippen LogP contribution is -2.41. The first-order chi connectivity index (χ1) is 11.5. The molecule has 3 heterocycles. The molecule has 8 heteroatoms. The van der Waals surface area contributed by atoms with Gasteiger partial charge in [0, 0.05) is 6.20 Å². The predicted molar refractivity (Wildman–Crippen MR) is 96.4 cm³/mol. The molecular weight excluding hydrogens is 345 g/mol. The van der Waals surface area contributed by atoms with E-state index in [9.17, 15) is 9.18 Å². The molecule has 1 fully saturated rings. The van der Waals surface area contributed by atoms with Crippen LogP contribution in [0.2, 0.25) is 5.15 Å². The van der Waals surface area contributed by atoms with Crippen LogP contribution < -0.4 is 5.56 Å². The quantitative estimate of drug-likeness (QED) is 0.603. The molecule has 3 rings (SSSR count). The minimum absolute atomic E-state index is 0.0461. The number of halogens is 2. The normalized spacial score (nSPS) is 19.6. The summed E-state index contributed by atoms with van der Waals surface area (Å²) in [5.74, 6) is 0. The summed E-state index contributed by atoms with van der Waals surface area (Å²) in [5.41, 5.74) is -1.25. The first-order valence-corrected chi connectivity index (χ1v) is 8.31. The Morgan fingerprint density at radius 3 is 2.52 bits per heavy atom. The number of nitrogens with zero attached hydrogens (tertiary/aromatic N) is 2. The first kappa shape index (κ1) is 18.1. The Morgan fingerprint density at radius 1 is 1.32 bits per heavy atom. The van der Waals surface area contributed by atoms with Crippen molar-refractivity contribution in [1.29, 1.82) is 0 Å². The molecule has 0 aliphatic carbocycles. The highest BCUT2D eigenvalue weighted by atomic mass is 35.5. The molecule has 1 aliphatic heterocycles. The van der Waals surface area contributed by atoms with E-state index in [-0.39, 0.29) is 10.7 Å². The van der Waals surface area contributed by atoms with Crippen molar-refractivity contribution in [2.45, 2.75) is 45.8 Å². The highest BCUT2D eigenvalue weighted by Gasteiger charge is 2.53. The SMILES string of the molecule is Cc1ccn2c(=O)c(C=C(F)B3OC(C)(C)C(C)(C)O3)c(Cl)nc2c1. The molecule has 132 valence electrons. The molecule has 0 atom stereocenters. The van der Waals surface area contributed by atoms with Gasteiger partial charge >= 0.3 is 7.12 Å². The highest BCUT2D eigenvalue weighted by molar-refractivity contribution is 6.54. The van der Waals surface area contributed by atoms with Gasteiger partial charge in [-0.25, -0.2) is 9.37 Å². The fourth-order valence-electron chi connectivity index (χ4n) is 2.51. The Hall–Kier alpha value is -1.70. The Bertz CT molecular complexity index is 923. The van der Waals surface area contributed by atoms with Crippen LogP contribution in [0.5, 0.6) is 0 Å². The van der Waals surface area contributed by atoms with E-state index in [1.54, 1.807) is 18.3 Å². The van der Waals surface area contributed by atoms with E-state index in [0.717, 1.165) is 11.6 Å². The fraction of sp³-hybridized carbons (Fsp3) is 0.412. The van der Waals surface area contributed by atoms with Gasteiger partial charge in [0.25, 0.3) is 5.56 Å². The highest BCUT2D eigenvalue weighted by Crippen LogP contribution is 2.39. The number of fused-ring (bicyclic) bond motifs is 1. The second kappa shape index (κ2) is 5.93. The van der Waals surface area contributed by atoms with Crippen LogP contribution in [-0.4, -0.2) is 27.7 Å². The van der Waals surface area contributed by atoms with Gasteiger partial charge in [-0.15, -0.1) is 0 Å². The molecular formula is C17H19BClFN2O3. The van der Waals surface area contributed by atoms with Gasteiger partial charge in [-0.2, -0.15) is 0 Å². The molecule has 2 aromatic heterocycles. The molecule has 0 spiro atoms. The third-order valence-corrected chi connectivity index (χ3v) is 5.02. The summed E-state index contributed by atoms with van der Waals surface area (Å²) in [6.07, 6.45) is 2.62. The summed E-state index contributed by atoms with van der Waals surface area (Å²) < 4.78 is 27.3. The van der Waals surface area contributed by atoms with Crippen LogP contribution in [0, 0.1) is 6.92 Å². The second-order valence-corrected chi connectivity index (χ2v) is 7.53. The van der Waals surface area contributed by atoms with Crippen molar-refractivity contribution >= 4 is 30.4 Å². The van der Waals surface area contributed by atoms with E-state index in [1.165, 1.54) is 4.40 Å². The van der Waals surface area contributed by atoms with Crippen LogP contribution in [0.4, 0.5) is 4.39 Å². The fourth-order valence-corrected chi connectivity index (χ4v) is 2.73. The monoisotopic (exact) mass is 364 g/mol. The van der Waals surface area contributed by atoms with Gasteiger partial charge in [0.15, 0.2) is 0 Å².